The molecule has 0 atom stereocenters. The van der Waals surface area contributed by atoms with Crippen LogP contribution >= 0.6 is 34.8 Å². The Labute approximate surface area is 143 Å². The van der Waals surface area contributed by atoms with Gasteiger partial charge in [-0.25, -0.2) is 4.99 Å². The average Bonchev–Trinajstić information content (AvgIpc) is 2.87. The summed E-state index contributed by atoms with van der Waals surface area (Å²) in [7, 11) is 0. The molecule has 0 aliphatic carbocycles. The van der Waals surface area contributed by atoms with E-state index in [1.807, 2.05) is 0 Å². The van der Waals surface area contributed by atoms with Crippen LogP contribution < -0.4 is 5.73 Å². The van der Waals surface area contributed by atoms with Crippen LogP contribution in [0.15, 0.2) is 45.0 Å². The Morgan fingerprint density at radius 3 is 2.22 bits per heavy atom. The molecule has 1 aromatic carbocycles. The molecule has 0 aliphatic rings. The van der Waals surface area contributed by atoms with Crippen molar-refractivity contribution < 1.29 is 13.2 Å². The van der Waals surface area contributed by atoms with Crippen molar-refractivity contribution in [2.45, 2.75) is 6.18 Å². The van der Waals surface area contributed by atoms with Gasteiger partial charge in [-0.1, -0.05) is 65.1 Å². The van der Waals surface area contributed by atoms with E-state index in [-0.39, 0.29) is 15.5 Å². The molecule has 23 heavy (non-hydrogen) atoms. The van der Waals surface area contributed by atoms with Gasteiger partial charge >= 0.3 is 6.18 Å². The van der Waals surface area contributed by atoms with E-state index in [0.717, 1.165) is 0 Å². The van der Waals surface area contributed by atoms with Crippen molar-refractivity contribution in [1.82, 2.24) is 14.8 Å². The maximum absolute atomic E-state index is 12.7. The molecular weight excluding hydrogens is 378 g/mol. The molecule has 0 radical (unpaired) electrons. The molecular formula is C12H7Cl3F3N5. The third kappa shape index (κ3) is 4.15. The molecule has 2 rings (SSSR count). The lowest BCUT2D eigenvalue weighted by atomic mass is 10.2. The second kappa shape index (κ2) is 6.77. The van der Waals surface area contributed by atoms with Crippen LogP contribution in [0.1, 0.15) is 11.4 Å². The number of halogens is 6. The third-order valence-electron chi connectivity index (χ3n) is 2.48. The Hall–Kier alpha value is -1.77. The summed E-state index contributed by atoms with van der Waals surface area (Å²) in [6, 6.07) is 8.13. The van der Waals surface area contributed by atoms with Crippen LogP contribution in [0.25, 0.3) is 0 Å². The van der Waals surface area contributed by atoms with Crippen LogP contribution in [0.3, 0.4) is 0 Å². The number of rotatable bonds is 2. The van der Waals surface area contributed by atoms with Gasteiger partial charge < -0.3 is 5.73 Å². The highest BCUT2D eigenvalue weighted by molar-refractivity contribution is 6.59. The molecule has 0 aliphatic heterocycles. The molecule has 5 nitrogen and oxygen atoms in total. The molecule has 0 unspecified atom stereocenters. The van der Waals surface area contributed by atoms with E-state index >= 15 is 0 Å². The zero-order chi connectivity index (χ0) is 17.2. The van der Waals surface area contributed by atoms with Crippen molar-refractivity contribution >= 4 is 46.6 Å². The highest BCUT2D eigenvalue weighted by Crippen LogP contribution is 2.27. The number of hydrogen-bond acceptors (Lipinski definition) is 4. The molecule has 0 saturated carbocycles. The van der Waals surface area contributed by atoms with Crippen LogP contribution in [-0.2, 0) is 6.18 Å². The maximum Gasteiger partial charge on any atom is 0.453 e. The molecule has 2 aromatic rings. The van der Waals surface area contributed by atoms with Crippen LogP contribution in [0.2, 0.25) is 0 Å². The van der Waals surface area contributed by atoms with Gasteiger partial charge in [0, 0.05) is 5.56 Å². The Bertz CT molecular complexity index is 764. The first-order valence-corrected chi connectivity index (χ1v) is 6.98. The standard InChI is InChI=1S/C12H7Cl3F3N5/c13-7(14)8(15)20-9(6-4-2-1-3-5-6)23-11(19)21-10(22-23)12(16,17)18/h1-5H,(H2,19,21,22)/b20-9-. The summed E-state index contributed by atoms with van der Waals surface area (Å²) < 4.78 is 38.5. The summed E-state index contributed by atoms with van der Waals surface area (Å²) in [6.07, 6.45) is -4.76. The van der Waals surface area contributed by atoms with E-state index in [2.05, 4.69) is 15.1 Å². The van der Waals surface area contributed by atoms with Gasteiger partial charge in [0.05, 0.1) is 0 Å². The van der Waals surface area contributed by atoms with Crippen LogP contribution in [0.5, 0.6) is 0 Å². The summed E-state index contributed by atoms with van der Waals surface area (Å²) >= 11 is 16.8. The van der Waals surface area contributed by atoms with Gasteiger partial charge in [-0.2, -0.15) is 22.8 Å². The van der Waals surface area contributed by atoms with E-state index < -0.39 is 17.9 Å². The van der Waals surface area contributed by atoms with E-state index in [1.54, 1.807) is 30.3 Å². The summed E-state index contributed by atoms with van der Waals surface area (Å²) in [5.41, 5.74) is 5.89. The molecule has 122 valence electrons. The van der Waals surface area contributed by atoms with Crippen molar-refractivity contribution in [1.29, 1.82) is 0 Å². The summed E-state index contributed by atoms with van der Waals surface area (Å²) in [5.74, 6) is -2.04. The van der Waals surface area contributed by atoms with Gasteiger partial charge in [0.15, 0.2) is 11.0 Å². The van der Waals surface area contributed by atoms with E-state index in [0.29, 0.717) is 10.2 Å². The lowest BCUT2D eigenvalue weighted by Gasteiger charge is -2.07. The summed E-state index contributed by atoms with van der Waals surface area (Å²) in [5, 5.41) is 2.99. The highest BCUT2D eigenvalue weighted by Gasteiger charge is 2.37. The van der Waals surface area contributed by atoms with Gasteiger partial charge in [-0.3, -0.25) is 0 Å². The minimum Gasteiger partial charge on any atom is -0.368 e. The third-order valence-corrected chi connectivity index (χ3v) is 3.30. The number of nitrogens with zero attached hydrogens (tertiary/aromatic N) is 4. The first-order valence-electron chi connectivity index (χ1n) is 5.85. The van der Waals surface area contributed by atoms with Crippen molar-refractivity contribution in [3.05, 3.63) is 51.4 Å². The Balaban J connectivity index is 2.65. The SMILES string of the molecule is Nc1nc(C(F)(F)F)nn1/C(=N\C(Cl)=C(Cl)Cl)c1ccccc1. The molecule has 2 N–H and O–H groups in total. The Morgan fingerprint density at radius 2 is 1.74 bits per heavy atom. The molecule has 0 saturated heterocycles. The van der Waals surface area contributed by atoms with Crippen molar-refractivity contribution in [3.63, 3.8) is 0 Å². The Morgan fingerprint density at radius 1 is 1.13 bits per heavy atom. The fraction of sp³-hybridized carbons (Fsp3) is 0.0833. The van der Waals surface area contributed by atoms with Crippen molar-refractivity contribution in [3.8, 4) is 0 Å². The highest BCUT2D eigenvalue weighted by atomic mass is 35.5. The molecule has 0 amide bonds. The topological polar surface area (TPSA) is 69.1 Å². The molecule has 1 aromatic heterocycles. The first-order chi connectivity index (χ1) is 10.7. The quantitative estimate of drug-likeness (QED) is 0.483. The number of aromatic nitrogens is 3. The minimum absolute atomic E-state index is 0.116. The maximum atomic E-state index is 12.7. The van der Waals surface area contributed by atoms with Gasteiger partial charge in [-0.15, -0.1) is 5.10 Å². The monoisotopic (exact) mass is 383 g/mol. The lowest BCUT2D eigenvalue weighted by molar-refractivity contribution is -0.144. The van der Waals surface area contributed by atoms with Crippen LogP contribution in [-0.4, -0.2) is 20.6 Å². The number of nitrogens with two attached hydrogens (primary N) is 1. The average molecular weight is 385 g/mol. The number of nitrogen functional groups attached to an aromatic ring is 1. The van der Waals surface area contributed by atoms with Crippen molar-refractivity contribution in [2.75, 3.05) is 5.73 Å². The molecule has 1 heterocycles. The molecule has 0 bridgehead atoms. The number of benzene rings is 1. The molecule has 0 spiro atoms. The number of hydrogen-bond donors (Lipinski definition) is 1. The minimum atomic E-state index is -4.76. The van der Waals surface area contributed by atoms with Crippen LogP contribution in [0.4, 0.5) is 19.1 Å². The summed E-state index contributed by atoms with van der Waals surface area (Å²) in [6.45, 7) is 0. The molecule has 11 heteroatoms. The van der Waals surface area contributed by atoms with Gasteiger partial charge in [0.1, 0.15) is 4.49 Å². The number of aliphatic imine (C=N–C) groups is 1. The van der Waals surface area contributed by atoms with Crippen molar-refractivity contribution in [2.24, 2.45) is 4.99 Å². The van der Waals surface area contributed by atoms with Crippen LogP contribution in [0, 0.1) is 0 Å². The second-order valence-electron chi connectivity index (χ2n) is 4.06. The lowest BCUT2D eigenvalue weighted by Crippen LogP contribution is -2.18. The fourth-order valence-electron chi connectivity index (χ4n) is 1.56. The summed E-state index contributed by atoms with van der Waals surface area (Å²) in [4.78, 5) is 7.06. The van der Waals surface area contributed by atoms with Gasteiger partial charge in [0.25, 0.3) is 5.82 Å². The first kappa shape index (κ1) is 17.6. The second-order valence-corrected chi connectivity index (χ2v) is 5.36. The fourth-order valence-corrected chi connectivity index (χ4v) is 1.72. The zero-order valence-electron chi connectivity index (χ0n) is 11.0. The predicted molar refractivity (Wildman–Crippen MR) is 82.4 cm³/mol. The normalized spacial score (nSPS) is 12.3. The largest absolute Gasteiger partial charge is 0.453 e. The Kier molecular flexibility index (Phi) is 5.18. The zero-order valence-corrected chi connectivity index (χ0v) is 13.3. The van der Waals surface area contributed by atoms with E-state index in [1.165, 1.54) is 0 Å². The number of anilines is 1. The molecule has 0 fully saturated rings. The van der Waals surface area contributed by atoms with E-state index in [9.17, 15) is 13.2 Å². The van der Waals surface area contributed by atoms with Gasteiger partial charge in [-0.05, 0) is 0 Å². The predicted octanol–water partition coefficient (Wildman–Crippen LogP) is 4.02. The van der Waals surface area contributed by atoms with Gasteiger partial charge in [0.2, 0.25) is 5.95 Å². The van der Waals surface area contributed by atoms with E-state index in [4.69, 9.17) is 40.5 Å². The number of alkyl halides is 3. The smallest absolute Gasteiger partial charge is 0.368 e.